The molecule has 13 heavy (non-hydrogen) atoms. The molecule has 0 saturated carbocycles. The maximum Gasteiger partial charge on any atom is 0.155 e. The van der Waals surface area contributed by atoms with Crippen LogP contribution < -0.4 is 0 Å². The molecule has 0 amide bonds. The van der Waals surface area contributed by atoms with E-state index < -0.39 is 0 Å². The van der Waals surface area contributed by atoms with Gasteiger partial charge in [0, 0.05) is 0 Å². The molecule has 3 nitrogen and oxygen atoms in total. The number of phenolic OH excluding ortho intramolecular Hbond substituents is 1. The van der Waals surface area contributed by atoms with E-state index in [9.17, 15) is 4.79 Å². The van der Waals surface area contributed by atoms with Gasteiger partial charge in [-0.05, 0) is 25.5 Å². The fourth-order valence-electron chi connectivity index (χ4n) is 0.563. The first-order valence-corrected chi connectivity index (χ1v) is 3.92. The van der Waals surface area contributed by atoms with Crippen molar-refractivity contribution < 1.29 is 15.0 Å². The number of hydrogen-bond donors (Lipinski definition) is 2. The summed E-state index contributed by atoms with van der Waals surface area (Å²) in [7, 11) is 0. The Balaban J connectivity index is 0.000000252. The average Bonchev–Trinajstić information content (AvgIpc) is 2.11. The van der Waals surface area contributed by atoms with Crippen molar-refractivity contribution in [1.82, 2.24) is 0 Å². The van der Waals surface area contributed by atoms with E-state index in [1.807, 2.05) is 25.1 Å². The molecule has 0 bridgehead atoms. The highest BCUT2D eigenvalue weighted by Crippen LogP contribution is 2.12. The van der Waals surface area contributed by atoms with Crippen LogP contribution in [0.2, 0.25) is 0 Å². The Labute approximate surface area is 77.6 Å². The smallest absolute Gasteiger partial charge is 0.155 e. The third-order valence-corrected chi connectivity index (χ3v) is 1.34. The van der Waals surface area contributed by atoms with Gasteiger partial charge in [-0.15, -0.1) is 0 Å². The Kier molecular flexibility index (Phi) is 5.55. The topological polar surface area (TPSA) is 57.5 Å². The zero-order valence-electron chi connectivity index (χ0n) is 7.82. The van der Waals surface area contributed by atoms with Crippen molar-refractivity contribution in [2.24, 2.45) is 0 Å². The molecule has 0 unspecified atom stereocenters. The van der Waals surface area contributed by atoms with Crippen LogP contribution in [0.1, 0.15) is 12.5 Å². The number of para-hydroxylation sites is 1. The minimum Gasteiger partial charge on any atom is -0.508 e. The number of carbonyl (C=O) groups is 1. The third kappa shape index (κ3) is 5.87. The molecule has 1 aromatic rings. The van der Waals surface area contributed by atoms with Crippen LogP contribution >= 0.6 is 0 Å². The SMILES string of the molecule is CC(=O)CO.Cc1ccccc1O. The summed E-state index contributed by atoms with van der Waals surface area (Å²) < 4.78 is 0. The van der Waals surface area contributed by atoms with E-state index >= 15 is 0 Å². The van der Waals surface area contributed by atoms with Crippen molar-refractivity contribution >= 4 is 5.78 Å². The van der Waals surface area contributed by atoms with Gasteiger partial charge in [0.15, 0.2) is 5.78 Å². The van der Waals surface area contributed by atoms with Gasteiger partial charge in [-0.2, -0.15) is 0 Å². The van der Waals surface area contributed by atoms with E-state index in [1.165, 1.54) is 6.92 Å². The van der Waals surface area contributed by atoms with Gasteiger partial charge in [0.1, 0.15) is 12.4 Å². The number of benzene rings is 1. The molecule has 0 fully saturated rings. The molecule has 0 heterocycles. The number of aromatic hydroxyl groups is 1. The first-order chi connectivity index (χ1) is 6.07. The lowest BCUT2D eigenvalue weighted by molar-refractivity contribution is -0.119. The molecule has 0 spiro atoms. The third-order valence-electron chi connectivity index (χ3n) is 1.34. The van der Waals surface area contributed by atoms with Crippen LogP contribution in [-0.2, 0) is 4.79 Å². The summed E-state index contributed by atoms with van der Waals surface area (Å²) in [5.74, 6) is 0.178. The first kappa shape index (κ1) is 11.6. The second kappa shape index (κ2) is 6.20. The van der Waals surface area contributed by atoms with E-state index in [-0.39, 0.29) is 12.4 Å². The predicted octanol–water partition coefficient (Wildman–Crippen LogP) is 1.27. The van der Waals surface area contributed by atoms with Crippen molar-refractivity contribution in [3.63, 3.8) is 0 Å². The minimum absolute atomic E-state index is 0.190. The van der Waals surface area contributed by atoms with Crippen LogP contribution in [-0.4, -0.2) is 22.6 Å². The first-order valence-electron chi connectivity index (χ1n) is 3.92. The lowest BCUT2D eigenvalue weighted by Gasteiger charge is -1.92. The Morgan fingerprint density at radius 2 is 1.85 bits per heavy atom. The van der Waals surface area contributed by atoms with Gasteiger partial charge >= 0.3 is 0 Å². The molecule has 72 valence electrons. The molecule has 0 aromatic heterocycles. The fraction of sp³-hybridized carbons (Fsp3) is 0.300. The number of aliphatic hydroxyl groups is 1. The summed E-state index contributed by atoms with van der Waals surface area (Å²) in [6.07, 6.45) is 0. The molecule has 0 aliphatic rings. The summed E-state index contributed by atoms with van der Waals surface area (Å²) >= 11 is 0. The molecule has 0 saturated heterocycles. The zero-order chi connectivity index (χ0) is 10.3. The van der Waals surface area contributed by atoms with Crippen LogP contribution in [0, 0.1) is 6.92 Å². The fourth-order valence-corrected chi connectivity index (χ4v) is 0.563. The minimum atomic E-state index is -0.333. The molecular weight excluding hydrogens is 168 g/mol. The maximum absolute atomic E-state index is 9.56. The highest BCUT2D eigenvalue weighted by atomic mass is 16.3. The maximum atomic E-state index is 9.56. The number of phenols is 1. The molecule has 2 N–H and O–H groups in total. The largest absolute Gasteiger partial charge is 0.508 e. The van der Waals surface area contributed by atoms with Crippen LogP contribution in [0.15, 0.2) is 24.3 Å². The van der Waals surface area contributed by atoms with Crippen LogP contribution in [0.3, 0.4) is 0 Å². The van der Waals surface area contributed by atoms with Gasteiger partial charge in [0.2, 0.25) is 0 Å². The van der Waals surface area contributed by atoms with E-state index in [4.69, 9.17) is 10.2 Å². The molecule has 0 aliphatic heterocycles. The molecule has 1 rings (SSSR count). The second-order valence-corrected chi connectivity index (χ2v) is 2.65. The lowest BCUT2D eigenvalue weighted by Crippen LogP contribution is -1.93. The van der Waals surface area contributed by atoms with Gasteiger partial charge in [-0.3, -0.25) is 4.79 Å². The normalized spacial score (nSPS) is 8.54. The van der Waals surface area contributed by atoms with E-state index in [0.29, 0.717) is 5.75 Å². The van der Waals surface area contributed by atoms with Gasteiger partial charge in [0.05, 0.1) is 0 Å². The summed E-state index contributed by atoms with van der Waals surface area (Å²) in [6.45, 7) is 2.87. The summed E-state index contributed by atoms with van der Waals surface area (Å²) in [6, 6.07) is 7.25. The molecule has 0 aliphatic carbocycles. The van der Waals surface area contributed by atoms with E-state index in [1.54, 1.807) is 6.07 Å². The van der Waals surface area contributed by atoms with Gasteiger partial charge in [-0.25, -0.2) is 0 Å². The quantitative estimate of drug-likeness (QED) is 0.687. The van der Waals surface area contributed by atoms with E-state index in [0.717, 1.165) is 5.56 Å². The molecule has 3 heteroatoms. The highest BCUT2D eigenvalue weighted by Gasteiger charge is 1.87. The molecule has 1 aromatic carbocycles. The van der Waals surface area contributed by atoms with Gasteiger partial charge < -0.3 is 10.2 Å². The number of aryl methyl sites for hydroxylation is 1. The Morgan fingerprint density at radius 3 is 2.08 bits per heavy atom. The summed E-state index contributed by atoms with van der Waals surface area (Å²) in [4.78, 5) is 9.56. The number of Topliss-reactive ketones (excluding diaryl/α,β-unsaturated/α-hetero) is 1. The van der Waals surface area contributed by atoms with Crippen molar-refractivity contribution in [3.05, 3.63) is 29.8 Å². The van der Waals surface area contributed by atoms with Crippen molar-refractivity contribution in [1.29, 1.82) is 0 Å². The number of aliphatic hydroxyl groups excluding tert-OH is 1. The Hall–Kier alpha value is -1.35. The van der Waals surface area contributed by atoms with Crippen molar-refractivity contribution in [2.45, 2.75) is 13.8 Å². The predicted molar refractivity (Wildman–Crippen MR) is 50.6 cm³/mol. The number of carbonyl (C=O) groups excluding carboxylic acids is 1. The van der Waals surface area contributed by atoms with Crippen molar-refractivity contribution in [3.8, 4) is 5.75 Å². The summed E-state index contributed by atoms with van der Waals surface area (Å²) in [5.41, 5.74) is 0.924. The van der Waals surface area contributed by atoms with Crippen molar-refractivity contribution in [2.75, 3.05) is 6.61 Å². The Morgan fingerprint density at radius 1 is 1.38 bits per heavy atom. The summed E-state index contributed by atoms with van der Waals surface area (Å²) in [5, 5.41) is 16.7. The molecular formula is C10H14O3. The second-order valence-electron chi connectivity index (χ2n) is 2.65. The molecule has 0 radical (unpaired) electrons. The van der Waals surface area contributed by atoms with E-state index in [2.05, 4.69) is 0 Å². The average molecular weight is 182 g/mol. The Bertz CT molecular complexity index is 248. The zero-order valence-corrected chi connectivity index (χ0v) is 7.82. The highest BCUT2D eigenvalue weighted by molar-refractivity contribution is 5.76. The van der Waals surface area contributed by atoms with Crippen LogP contribution in [0.25, 0.3) is 0 Å². The lowest BCUT2D eigenvalue weighted by atomic mass is 10.2. The van der Waals surface area contributed by atoms with Gasteiger partial charge in [0.25, 0.3) is 0 Å². The van der Waals surface area contributed by atoms with Crippen LogP contribution in [0.5, 0.6) is 5.75 Å². The number of ketones is 1. The monoisotopic (exact) mass is 182 g/mol. The standard InChI is InChI=1S/C7H8O.C3H6O2/c1-6-4-2-3-5-7(6)8;1-3(5)2-4/h2-5,8H,1H3;4H,2H2,1H3. The van der Waals surface area contributed by atoms with Gasteiger partial charge in [-0.1, -0.05) is 18.2 Å². The number of hydrogen-bond acceptors (Lipinski definition) is 3. The number of rotatable bonds is 1. The van der Waals surface area contributed by atoms with Crippen LogP contribution in [0.4, 0.5) is 0 Å². The molecule has 0 atom stereocenters.